The number of carbonyl (C=O) groups excluding carboxylic acids is 1. The van der Waals surface area contributed by atoms with E-state index in [1.54, 1.807) is 6.20 Å². The fraction of sp³-hybridized carbons (Fsp3) is 0.412. The minimum atomic E-state index is -3.10. The van der Waals surface area contributed by atoms with E-state index in [1.807, 2.05) is 30.3 Å². The van der Waals surface area contributed by atoms with Gasteiger partial charge in [-0.15, -0.1) is 0 Å². The number of benzene rings is 1. The maximum absolute atomic E-state index is 12.5. The number of sulfone groups is 1. The van der Waals surface area contributed by atoms with Crippen LogP contribution in [-0.4, -0.2) is 60.1 Å². The number of rotatable bonds is 5. The third-order valence-corrected chi connectivity index (χ3v) is 6.17. The van der Waals surface area contributed by atoms with Crippen LogP contribution < -0.4 is 5.32 Å². The maximum atomic E-state index is 12.5. The number of hydrogen-bond donors (Lipinski definition) is 2. The molecule has 2 aromatic rings. The molecule has 2 N–H and O–H groups in total. The summed E-state index contributed by atoms with van der Waals surface area (Å²) in [7, 11) is -3.10. The van der Waals surface area contributed by atoms with E-state index in [9.17, 15) is 18.3 Å². The Morgan fingerprint density at radius 2 is 2.12 bits per heavy atom. The number of aliphatic hydroxyl groups excluding tert-OH is 1. The summed E-state index contributed by atoms with van der Waals surface area (Å²) in [6.45, 7) is 0.217. The number of aromatic nitrogens is 1. The highest BCUT2D eigenvalue weighted by atomic mass is 32.2. The largest absolute Gasteiger partial charge is 0.395 e. The third-order valence-electron chi connectivity index (χ3n) is 4.42. The van der Waals surface area contributed by atoms with Crippen LogP contribution in [0.5, 0.6) is 0 Å². The molecule has 0 bridgehead atoms. The summed E-state index contributed by atoms with van der Waals surface area (Å²) in [6.07, 6.45) is 2.10. The molecular formula is C17H21N3O4S. The Morgan fingerprint density at radius 3 is 2.84 bits per heavy atom. The van der Waals surface area contributed by atoms with E-state index in [2.05, 4.69) is 10.3 Å². The predicted molar refractivity (Wildman–Crippen MR) is 94.8 cm³/mol. The second-order valence-electron chi connectivity index (χ2n) is 6.12. The van der Waals surface area contributed by atoms with Gasteiger partial charge in [0.25, 0.3) is 0 Å². The Hall–Kier alpha value is -2.19. The maximum Gasteiger partial charge on any atom is 0.318 e. The average Bonchev–Trinajstić information content (AvgIpc) is 2.97. The van der Waals surface area contributed by atoms with Crippen molar-refractivity contribution in [2.45, 2.75) is 19.0 Å². The Balaban J connectivity index is 1.71. The molecule has 2 amide bonds. The lowest BCUT2D eigenvalue weighted by Crippen LogP contribution is -2.47. The first kappa shape index (κ1) is 17.6. The van der Waals surface area contributed by atoms with E-state index in [-0.39, 0.29) is 36.7 Å². The number of urea groups is 1. The lowest BCUT2D eigenvalue weighted by molar-refractivity contribution is 0.157. The molecule has 7 nitrogen and oxygen atoms in total. The number of nitrogens with zero attached hydrogens (tertiary/aromatic N) is 2. The Morgan fingerprint density at radius 1 is 1.32 bits per heavy atom. The van der Waals surface area contributed by atoms with Gasteiger partial charge in [-0.3, -0.25) is 4.98 Å². The Bertz CT molecular complexity index is 864. The van der Waals surface area contributed by atoms with Gasteiger partial charge >= 0.3 is 6.03 Å². The molecule has 1 atom stereocenters. The molecule has 0 radical (unpaired) electrons. The van der Waals surface area contributed by atoms with Crippen molar-refractivity contribution < 1.29 is 18.3 Å². The zero-order valence-corrected chi connectivity index (χ0v) is 14.6. The second-order valence-corrected chi connectivity index (χ2v) is 8.35. The summed E-state index contributed by atoms with van der Waals surface area (Å²) in [5.41, 5.74) is 1.78. The molecule has 1 saturated heterocycles. The van der Waals surface area contributed by atoms with Crippen LogP contribution in [0.15, 0.2) is 36.5 Å². The number of hydrogen-bond acceptors (Lipinski definition) is 5. The molecule has 0 unspecified atom stereocenters. The van der Waals surface area contributed by atoms with Crippen molar-refractivity contribution >= 4 is 26.8 Å². The Kier molecular flexibility index (Phi) is 5.19. The fourth-order valence-electron chi connectivity index (χ4n) is 3.16. The number of pyridine rings is 1. The Labute approximate surface area is 146 Å². The first-order valence-corrected chi connectivity index (χ1v) is 10.0. The monoisotopic (exact) mass is 363 g/mol. The van der Waals surface area contributed by atoms with E-state index < -0.39 is 9.84 Å². The van der Waals surface area contributed by atoms with Crippen molar-refractivity contribution in [1.82, 2.24) is 15.2 Å². The van der Waals surface area contributed by atoms with Gasteiger partial charge in [0.15, 0.2) is 9.84 Å². The summed E-state index contributed by atoms with van der Waals surface area (Å²) in [6, 6.07) is 8.77. The molecule has 3 rings (SSSR count). The van der Waals surface area contributed by atoms with Crippen molar-refractivity contribution in [2.75, 3.05) is 24.7 Å². The van der Waals surface area contributed by atoms with Crippen LogP contribution in [0.1, 0.15) is 12.0 Å². The molecule has 0 saturated carbocycles. The number of para-hydroxylation sites is 1. The quantitative estimate of drug-likeness (QED) is 0.823. The zero-order chi connectivity index (χ0) is 17.9. The van der Waals surface area contributed by atoms with Crippen LogP contribution in [0, 0.1) is 0 Å². The summed E-state index contributed by atoms with van der Waals surface area (Å²) < 4.78 is 23.3. The second kappa shape index (κ2) is 7.37. The molecule has 8 heteroatoms. The van der Waals surface area contributed by atoms with Crippen LogP contribution in [0.4, 0.5) is 4.79 Å². The number of carbonyl (C=O) groups is 1. The fourth-order valence-corrected chi connectivity index (χ4v) is 4.89. The molecule has 1 aliphatic rings. The summed E-state index contributed by atoms with van der Waals surface area (Å²) in [5.74, 6) is 0.0421. The van der Waals surface area contributed by atoms with E-state index in [1.165, 1.54) is 4.90 Å². The van der Waals surface area contributed by atoms with Crippen molar-refractivity contribution in [3.8, 4) is 0 Å². The highest BCUT2D eigenvalue weighted by molar-refractivity contribution is 7.91. The molecular weight excluding hydrogens is 342 g/mol. The van der Waals surface area contributed by atoms with Crippen LogP contribution in [-0.2, 0) is 16.4 Å². The molecule has 2 heterocycles. The summed E-state index contributed by atoms with van der Waals surface area (Å²) in [5, 5.41) is 13.0. The van der Waals surface area contributed by atoms with Crippen LogP contribution in [0.3, 0.4) is 0 Å². The van der Waals surface area contributed by atoms with Crippen molar-refractivity contribution in [3.05, 3.63) is 42.1 Å². The third kappa shape index (κ3) is 4.08. The van der Waals surface area contributed by atoms with Gasteiger partial charge in [0, 0.05) is 30.7 Å². The molecule has 1 fully saturated rings. The number of fused-ring (bicyclic) bond motifs is 1. The summed E-state index contributed by atoms with van der Waals surface area (Å²) >= 11 is 0. The molecule has 25 heavy (non-hydrogen) atoms. The van der Waals surface area contributed by atoms with Crippen LogP contribution >= 0.6 is 0 Å². The van der Waals surface area contributed by atoms with Gasteiger partial charge < -0.3 is 15.3 Å². The first-order valence-electron chi connectivity index (χ1n) is 8.18. The molecule has 1 aromatic heterocycles. The first-order chi connectivity index (χ1) is 12.0. The van der Waals surface area contributed by atoms with Crippen molar-refractivity contribution in [2.24, 2.45) is 0 Å². The molecule has 0 aliphatic carbocycles. The van der Waals surface area contributed by atoms with Gasteiger partial charge in [-0.25, -0.2) is 13.2 Å². The standard InChI is InChI=1S/C17H21N3O4S/c21-9-8-20(14-6-10-25(23,24)12-14)17(22)19-11-13-5-7-18-16-4-2-1-3-15(13)16/h1-5,7,14,21H,6,8-12H2,(H,19,22)/t14-/m1/s1. The van der Waals surface area contributed by atoms with Crippen LogP contribution in [0.2, 0.25) is 0 Å². The van der Waals surface area contributed by atoms with Gasteiger partial charge in [0.05, 0.1) is 23.6 Å². The van der Waals surface area contributed by atoms with E-state index in [4.69, 9.17) is 0 Å². The molecule has 134 valence electrons. The molecule has 1 aliphatic heterocycles. The van der Waals surface area contributed by atoms with Gasteiger partial charge in [-0.2, -0.15) is 0 Å². The zero-order valence-electron chi connectivity index (χ0n) is 13.8. The van der Waals surface area contributed by atoms with Crippen LogP contribution in [0.25, 0.3) is 10.9 Å². The SMILES string of the molecule is O=C(NCc1ccnc2ccccc12)N(CCO)[C@@H]1CCS(=O)(=O)C1. The number of nitrogens with one attached hydrogen (secondary N) is 1. The number of aliphatic hydroxyl groups is 1. The van der Waals surface area contributed by atoms with Crippen molar-refractivity contribution in [1.29, 1.82) is 0 Å². The van der Waals surface area contributed by atoms with E-state index >= 15 is 0 Å². The van der Waals surface area contributed by atoms with Gasteiger partial charge in [-0.1, -0.05) is 18.2 Å². The van der Waals surface area contributed by atoms with Gasteiger partial charge in [0.2, 0.25) is 0 Å². The topological polar surface area (TPSA) is 99.6 Å². The summed E-state index contributed by atoms with van der Waals surface area (Å²) in [4.78, 5) is 18.2. The minimum absolute atomic E-state index is 0.0430. The highest BCUT2D eigenvalue weighted by Crippen LogP contribution is 2.19. The number of amides is 2. The van der Waals surface area contributed by atoms with E-state index in [0.29, 0.717) is 13.0 Å². The lowest BCUT2D eigenvalue weighted by atomic mass is 10.1. The van der Waals surface area contributed by atoms with Gasteiger partial charge in [-0.05, 0) is 24.1 Å². The normalized spacial score (nSPS) is 19.0. The highest BCUT2D eigenvalue weighted by Gasteiger charge is 2.34. The molecule has 0 spiro atoms. The minimum Gasteiger partial charge on any atom is -0.395 e. The predicted octanol–water partition coefficient (Wildman–Crippen LogP) is 0.926. The van der Waals surface area contributed by atoms with Gasteiger partial charge in [0.1, 0.15) is 0 Å². The molecule has 1 aromatic carbocycles. The van der Waals surface area contributed by atoms with E-state index in [0.717, 1.165) is 16.5 Å². The lowest BCUT2D eigenvalue weighted by Gasteiger charge is -2.27. The van der Waals surface area contributed by atoms with Crippen molar-refractivity contribution in [3.63, 3.8) is 0 Å². The smallest absolute Gasteiger partial charge is 0.318 e. The average molecular weight is 363 g/mol.